The monoisotopic (exact) mass is 302 g/mol. The lowest BCUT2D eigenvalue weighted by Gasteiger charge is -2.07. The molecule has 2 aromatic rings. The first-order valence-corrected chi connectivity index (χ1v) is 7.04. The number of nitrogens with zero attached hydrogens (tertiary/aromatic N) is 1. The standard InChI is InChI=1S/C11H12F2N4O2S/c1-6-10(5-14)11(16-15-6)20(18,19)17-9-3-7(12)2-8(13)4-9/h2-4,17H,5,14H2,1H3,(H,15,16). The van der Waals surface area contributed by atoms with Gasteiger partial charge in [-0.05, 0) is 19.1 Å². The van der Waals surface area contributed by atoms with Crippen LogP contribution in [-0.2, 0) is 16.6 Å². The number of H-pyrrole nitrogens is 1. The molecule has 0 bridgehead atoms. The van der Waals surface area contributed by atoms with Gasteiger partial charge in [-0.3, -0.25) is 9.82 Å². The van der Waals surface area contributed by atoms with Crippen LogP contribution in [0.15, 0.2) is 23.2 Å². The Labute approximate surface area is 114 Å². The minimum absolute atomic E-state index is 0.0317. The van der Waals surface area contributed by atoms with Gasteiger partial charge in [-0.25, -0.2) is 8.78 Å². The normalized spacial score (nSPS) is 11.6. The molecule has 4 N–H and O–H groups in total. The van der Waals surface area contributed by atoms with Crippen LogP contribution >= 0.6 is 0 Å². The van der Waals surface area contributed by atoms with Gasteiger partial charge in [0.25, 0.3) is 10.0 Å². The zero-order valence-electron chi connectivity index (χ0n) is 10.4. The number of hydrogen-bond donors (Lipinski definition) is 3. The summed E-state index contributed by atoms with van der Waals surface area (Å²) in [6, 6.07) is 2.37. The first kappa shape index (κ1) is 14.4. The molecule has 0 saturated heterocycles. The van der Waals surface area contributed by atoms with Crippen LogP contribution < -0.4 is 10.5 Å². The predicted molar refractivity (Wildman–Crippen MR) is 68.4 cm³/mol. The molecule has 0 amide bonds. The third-order valence-electron chi connectivity index (χ3n) is 2.61. The molecule has 0 unspecified atom stereocenters. The number of rotatable bonds is 4. The topological polar surface area (TPSA) is 101 Å². The zero-order valence-corrected chi connectivity index (χ0v) is 11.3. The van der Waals surface area contributed by atoms with E-state index in [9.17, 15) is 17.2 Å². The van der Waals surface area contributed by atoms with Crippen molar-refractivity contribution in [2.24, 2.45) is 5.73 Å². The van der Waals surface area contributed by atoms with E-state index in [4.69, 9.17) is 5.73 Å². The fraction of sp³-hybridized carbons (Fsp3) is 0.182. The van der Waals surface area contributed by atoms with E-state index >= 15 is 0 Å². The van der Waals surface area contributed by atoms with Crippen LogP contribution in [0, 0.1) is 18.6 Å². The summed E-state index contributed by atoms with van der Waals surface area (Å²) in [5, 5.41) is 5.87. The number of sulfonamides is 1. The van der Waals surface area contributed by atoms with Crippen molar-refractivity contribution in [3.05, 3.63) is 41.1 Å². The molecule has 0 aliphatic heterocycles. The summed E-state index contributed by atoms with van der Waals surface area (Å²) < 4.78 is 52.4. The van der Waals surface area contributed by atoms with Gasteiger partial charge in [0.1, 0.15) is 11.6 Å². The Kier molecular flexibility index (Phi) is 3.73. The quantitative estimate of drug-likeness (QED) is 0.791. The molecule has 0 aliphatic carbocycles. The molecule has 0 atom stereocenters. The van der Waals surface area contributed by atoms with Crippen LogP contribution in [-0.4, -0.2) is 18.6 Å². The van der Waals surface area contributed by atoms with Crippen LogP contribution in [0.25, 0.3) is 0 Å². The Morgan fingerprint density at radius 3 is 2.45 bits per heavy atom. The average Bonchev–Trinajstić information content (AvgIpc) is 2.68. The Hall–Kier alpha value is -2.00. The summed E-state index contributed by atoms with van der Waals surface area (Å²) in [5.41, 5.74) is 6.06. The number of nitrogens with one attached hydrogen (secondary N) is 2. The average molecular weight is 302 g/mol. The van der Waals surface area contributed by atoms with Crippen molar-refractivity contribution in [3.63, 3.8) is 0 Å². The Morgan fingerprint density at radius 1 is 1.30 bits per heavy atom. The Bertz CT molecular complexity index is 723. The lowest BCUT2D eigenvalue weighted by molar-refractivity contribution is 0.584. The highest BCUT2D eigenvalue weighted by Crippen LogP contribution is 2.20. The van der Waals surface area contributed by atoms with Gasteiger partial charge in [-0.1, -0.05) is 0 Å². The second-order valence-electron chi connectivity index (χ2n) is 4.10. The second kappa shape index (κ2) is 5.17. The molecule has 6 nitrogen and oxygen atoms in total. The highest BCUT2D eigenvalue weighted by Gasteiger charge is 2.23. The maximum absolute atomic E-state index is 13.0. The minimum atomic E-state index is -4.07. The van der Waals surface area contributed by atoms with E-state index < -0.39 is 21.7 Å². The zero-order chi connectivity index (χ0) is 14.9. The lowest BCUT2D eigenvalue weighted by Crippen LogP contribution is -2.16. The van der Waals surface area contributed by atoms with E-state index in [1.165, 1.54) is 0 Å². The largest absolute Gasteiger partial charge is 0.326 e. The van der Waals surface area contributed by atoms with Crippen molar-refractivity contribution in [2.45, 2.75) is 18.5 Å². The maximum atomic E-state index is 13.0. The molecule has 0 saturated carbocycles. The molecule has 108 valence electrons. The Morgan fingerprint density at radius 2 is 1.90 bits per heavy atom. The summed E-state index contributed by atoms with van der Waals surface area (Å²) in [4.78, 5) is 0. The van der Waals surface area contributed by atoms with Gasteiger partial charge in [-0.15, -0.1) is 0 Å². The van der Waals surface area contributed by atoms with E-state index in [-0.39, 0.29) is 17.3 Å². The van der Waals surface area contributed by atoms with Crippen molar-refractivity contribution in [2.75, 3.05) is 4.72 Å². The van der Waals surface area contributed by atoms with Crippen LogP contribution in [0.4, 0.5) is 14.5 Å². The molecule has 0 aliphatic rings. The molecule has 0 fully saturated rings. The van der Waals surface area contributed by atoms with Gasteiger partial charge in [0, 0.05) is 23.9 Å². The fourth-order valence-electron chi connectivity index (χ4n) is 1.71. The van der Waals surface area contributed by atoms with Gasteiger partial charge >= 0.3 is 0 Å². The molecule has 1 aromatic heterocycles. The van der Waals surface area contributed by atoms with Gasteiger partial charge in [0.05, 0.1) is 5.69 Å². The van der Waals surface area contributed by atoms with Crippen molar-refractivity contribution >= 4 is 15.7 Å². The fourth-order valence-corrected chi connectivity index (χ4v) is 2.96. The molecule has 1 heterocycles. The second-order valence-corrected chi connectivity index (χ2v) is 5.70. The van der Waals surface area contributed by atoms with Gasteiger partial charge in [-0.2, -0.15) is 13.5 Å². The van der Waals surface area contributed by atoms with Crippen LogP contribution in [0.3, 0.4) is 0 Å². The van der Waals surface area contributed by atoms with Crippen molar-refractivity contribution in [1.82, 2.24) is 10.2 Å². The molecular weight excluding hydrogens is 290 g/mol. The number of hydrogen-bond acceptors (Lipinski definition) is 4. The number of aromatic amines is 1. The van der Waals surface area contributed by atoms with Crippen LogP contribution in [0.5, 0.6) is 0 Å². The summed E-state index contributed by atoms with van der Waals surface area (Å²) in [5.74, 6) is -1.78. The first-order valence-electron chi connectivity index (χ1n) is 5.56. The smallest absolute Gasteiger partial charge is 0.281 e. The molecule has 2 rings (SSSR count). The van der Waals surface area contributed by atoms with E-state index in [0.29, 0.717) is 17.3 Å². The summed E-state index contributed by atoms with van der Waals surface area (Å²) in [6.45, 7) is 1.59. The number of aryl methyl sites for hydroxylation is 1. The van der Waals surface area contributed by atoms with Gasteiger partial charge < -0.3 is 5.73 Å². The van der Waals surface area contributed by atoms with E-state index in [0.717, 1.165) is 12.1 Å². The lowest BCUT2D eigenvalue weighted by atomic mass is 10.3. The van der Waals surface area contributed by atoms with Gasteiger partial charge in [0.15, 0.2) is 0 Å². The highest BCUT2D eigenvalue weighted by atomic mass is 32.2. The molecular formula is C11H12F2N4O2S. The highest BCUT2D eigenvalue weighted by molar-refractivity contribution is 7.92. The summed E-state index contributed by atoms with van der Waals surface area (Å²) in [6.07, 6.45) is 0. The number of nitrogens with two attached hydrogens (primary N) is 1. The van der Waals surface area contributed by atoms with E-state index in [1.807, 2.05) is 0 Å². The Balaban J connectivity index is 2.40. The molecule has 1 aromatic carbocycles. The number of halogens is 2. The molecule has 9 heteroatoms. The number of benzene rings is 1. The van der Waals surface area contributed by atoms with E-state index in [2.05, 4.69) is 14.9 Å². The minimum Gasteiger partial charge on any atom is -0.326 e. The summed E-state index contributed by atoms with van der Waals surface area (Å²) in [7, 11) is -4.07. The van der Waals surface area contributed by atoms with Crippen LogP contribution in [0.2, 0.25) is 0 Å². The first-order chi connectivity index (χ1) is 9.33. The van der Waals surface area contributed by atoms with E-state index in [1.54, 1.807) is 6.92 Å². The van der Waals surface area contributed by atoms with Crippen molar-refractivity contribution in [3.8, 4) is 0 Å². The third kappa shape index (κ3) is 2.78. The molecule has 20 heavy (non-hydrogen) atoms. The summed E-state index contributed by atoms with van der Waals surface area (Å²) >= 11 is 0. The molecule has 0 radical (unpaired) electrons. The number of anilines is 1. The van der Waals surface area contributed by atoms with Gasteiger partial charge in [0.2, 0.25) is 5.03 Å². The predicted octanol–water partition coefficient (Wildman–Crippen LogP) is 1.26. The van der Waals surface area contributed by atoms with Crippen LogP contribution in [0.1, 0.15) is 11.3 Å². The third-order valence-corrected chi connectivity index (χ3v) is 3.96. The maximum Gasteiger partial charge on any atom is 0.281 e. The van der Waals surface area contributed by atoms with Crippen molar-refractivity contribution in [1.29, 1.82) is 0 Å². The molecule has 0 spiro atoms. The van der Waals surface area contributed by atoms with Crippen molar-refractivity contribution < 1.29 is 17.2 Å². The number of aromatic nitrogens is 2. The SMILES string of the molecule is Cc1[nH]nc(S(=O)(=O)Nc2cc(F)cc(F)c2)c1CN.